The molecule has 3 fully saturated rings. The van der Waals surface area contributed by atoms with Gasteiger partial charge < -0.3 is 44.2 Å². The Hall–Kier alpha value is -8.53. The van der Waals surface area contributed by atoms with E-state index < -0.39 is 83.7 Å². The Kier molecular flexibility index (Phi) is 15.1. The zero-order valence-corrected chi connectivity index (χ0v) is 49.8. The number of nitrogen functional groups attached to an aromatic ring is 1. The zero-order valence-electron chi connectivity index (χ0n) is 48.2. The number of nitrogens with two attached hydrogens (primary N) is 1. The summed E-state index contributed by atoms with van der Waals surface area (Å²) >= 11 is 7.84. The molecule has 2 amide bonds. The third kappa shape index (κ3) is 9.77. The summed E-state index contributed by atoms with van der Waals surface area (Å²) in [7, 11) is 0. The first-order valence-corrected chi connectivity index (χ1v) is 29.9. The Morgan fingerprint density at radius 3 is 2.59 bits per heavy atom. The number of ether oxygens (including phenoxy) is 4. The number of nitrogens with zero attached hydrogens (tertiary/aromatic N) is 9. The van der Waals surface area contributed by atoms with Crippen molar-refractivity contribution in [1.82, 2.24) is 34.2 Å². The maximum atomic E-state index is 17.5. The molecule has 3 saturated heterocycles. The normalized spacial score (nSPS) is 20.5. The number of carbonyl (C=O) groups is 4. The minimum Gasteiger partial charge on any atom is -0.508 e. The molecule has 25 heteroatoms. The molecule has 5 aliphatic rings. The number of halogens is 4. The number of anilines is 2. The molecule has 4 atom stereocenters. The van der Waals surface area contributed by atoms with Gasteiger partial charge in [0.05, 0.1) is 49.8 Å². The van der Waals surface area contributed by atoms with Crippen LogP contribution in [0.1, 0.15) is 88.1 Å². The van der Waals surface area contributed by atoms with Gasteiger partial charge in [0.2, 0.25) is 5.60 Å². The number of carbonyl (C=O) groups excluding carboxylic acids is 4. The van der Waals surface area contributed by atoms with Gasteiger partial charge >= 0.3 is 24.0 Å². The molecule has 9 heterocycles. The van der Waals surface area contributed by atoms with Gasteiger partial charge in [-0.1, -0.05) is 38.1 Å². The number of rotatable bonds is 14. The standard InChI is InChI=1S/C62H60ClF3N10O10S/c1-7-35-37-18-34(77)10-13-45(37)69-51-40(35)25-76-46(51)20-42-41(57(76)80)28-83-58(81)62(42,8-2)86-47(78)26-75(30(3)4)60(82)84-27-31(5)56(79)72-16-17-74(32(6)23-72)55-38-19-43(63)49(36-11-12-44(65)53-48(36)39(22-67)54(68)87-53)50(66)52(38)70-59(71-55)85-29-61-14-9-15-73(61)24-33(64)21-61/h10-13,18-20,30,32-33,77H,5,7-9,14-17,21,23-29,68H2,1-4,6H3/t32-,33+,61-,62-/m0/s1. The van der Waals surface area contributed by atoms with Crippen molar-refractivity contribution in [3.63, 3.8) is 0 Å². The number of cyclic esters (lactones) is 1. The molecule has 0 aliphatic carbocycles. The Balaban J connectivity index is 0.752. The first-order valence-electron chi connectivity index (χ1n) is 28.7. The van der Waals surface area contributed by atoms with E-state index in [1.54, 1.807) is 43.5 Å². The lowest BCUT2D eigenvalue weighted by molar-refractivity contribution is -0.190. The number of phenols is 1. The lowest BCUT2D eigenvalue weighted by atomic mass is 9.85. The first kappa shape index (κ1) is 58.8. The quantitative estimate of drug-likeness (QED) is 0.0585. The summed E-state index contributed by atoms with van der Waals surface area (Å²) in [6.45, 7) is 12.4. The van der Waals surface area contributed by atoms with Gasteiger partial charge in [-0.05, 0) is 101 Å². The maximum Gasteiger partial charge on any atom is 0.410 e. The molecule has 0 saturated carbocycles. The Labute approximate surface area is 505 Å². The minimum atomic E-state index is -2.08. The van der Waals surface area contributed by atoms with Gasteiger partial charge in [-0.15, -0.1) is 11.3 Å². The number of benzene rings is 3. The van der Waals surface area contributed by atoms with Crippen LogP contribution in [-0.4, -0.2) is 140 Å². The van der Waals surface area contributed by atoms with Crippen LogP contribution in [0.2, 0.25) is 5.02 Å². The monoisotopic (exact) mass is 1230 g/mol. The average molecular weight is 1230 g/mol. The maximum absolute atomic E-state index is 17.5. The van der Waals surface area contributed by atoms with Crippen LogP contribution < -0.4 is 20.9 Å². The van der Waals surface area contributed by atoms with Crippen molar-refractivity contribution in [3.05, 3.63) is 109 Å². The highest BCUT2D eigenvalue weighted by Gasteiger charge is 2.52. The number of aromatic hydroxyl groups is 1. The molecular weight excluding hydrogens is 1170 g/mol. The van der Waals surface area contributed by atoms with E-state index in [-0.39, 0.29) is 141 Å². The predicted molar refractivity (Wildman–Crippen MR) is 318 cm³/mol. The van der Waals surface area contributed by atoms with E-state index in [0.29, 0.717) is 36.3 Å². The van der Waals surface area contributed by atoms with E-state index in [9.17, 15) is 38.7 Å². The van der Waals surface area contributed by atoms with Gasteiger partial charge in [0.15, 0.2) is 5.82 Å². The van der Waals surface area contributed by atoms with Crippen LogP contribution in [0.5, 0.6) is 11.8 Å². The summed E-state index contributed by atoms with van der Waals surface area (Å²) in [4.78, 5) is 91.1. The second-order valence-corrected chi connectivity index (χ2v) is 24.5. The van der Waals surface area contributed by atoms with Gasteiger partial charge in [0.1, 0.15) is 66.5 Å². The lowest BCUT2D eigenvalue weighted by Crippen LogP contribution is -2.54. The van der Waals surface area contributed by atoms with Gasteiger partial charge in [0, 0.05) is 83.1 Å². The third-order valence-corrected chi connectivity index (χ3v) is 19.0. The summed E-state index contributed by atoms with van der Waals surface area (Å²) in [5.74, 6) is -3.72. The molecule has 452 valence electrons. The van der Waals surface area contributed by atoms with Gasteiger partial charge in [-0.25, -0.2) is 27.7 Å². The molecule has 0 spiro atoms. The Bertz CT molecular complexity index is 4230. The van der Waals surface area contributed by atoms with E-state index >= 15 is 8.78 Å². The summed E-state index contributed by atoms with van der Waals surface area (Å²) in [5, 5.41) is 21.3. The van der Waals surface area contributed by atoms with Gasteiger partial charge in [-0.3, -0.25) is 24.2 Å². The van der Waals surface area contributed by atoms with E-state index in [1.165, 1.54) is 23.1 Å². The van der Waals surface area contributed by atoms with Crippen molar-refractivity contribution in [2.75, 3.05) is 63.1 Å². The molecule has 0 radical (unpaired) electrons. The summed E-state index contributed by atoms with van der Waals surface area (Å²) in [6.07, 6.45) is 0.174. The van der Waals surface area contributed by atoms with Crippen LogP contribution in [0.15, 0.2) is 59.4 Å². The number of hydrogen-bond acceptors (Lipinski definition) is 18. The van der Waals surface area contributed by atoms with Gasteiger partial charge in [-0.2, -0.15) is 15.2 Å². The zero-order chi connectivity index (χ0) is 61.7. The molecule has 5 aliphatic heterocycles. The molecule has 3 aromatic carbocycles. The van der Waals surface area contributed by atoms with Crippen LogP contribution in [0.3, 0.4) is 0 Å². The second kappa shape index (κ2) is 22.3. The fourth-order valence-electron chi connectivity index (χ4n) is 13.4. The lowest BCUT2D eigenvalue weighted by Gasteiger charge is -2.41. The number of fused-ring (bicyclic) bond motifs is 8. The number of pyridine rings is 2. The third-order valence-electron chi connectivity index (χ3n) is 17.7. The SMILES string of the molecule is C=C(COC(=O)N(CC(=O)O[C@]1(CC)C(=O)OCc2c1cc1n(c2=O)Cc2c-1nc1ccc(O)cc1c2CC)C(C)C)C(=O)N1CCN(c2nc(OC[C@@]34CCCN3C[C@H](F)C4)nc3c(F)c(-c4ccc(F)c5sc(N)c(C#N)c45)c(Cl)cc23)[C@@H](C)C1. The number of aromatic nitrogens is 4. The number of thiophene rings is 1. The Morgan fingerprint density at radius 1 is 1.06 bits per heavy atom. The number of hydrogen-bond donors (Lipinski definition) is 2. The minimum absolute atomic E-state index is 0.0275. The van der Waals surface area contributed by atoms with Gasteiger partial charge in [0.25, 0.3) is 11.5 Å². The van der Waals surface area contributed by atoms with E-state index in [4.69, 9.17) is 46.3 Å². The van der Waals surface area contributed by atoms with Crippen molar-refractivity contribution < 1.29 is 56.4 Å². The van der Waals surface area contributed by atoms with Crippen LogP contribution in [-0.2, 0) is 53.8 Å². The number of amides is 2. The average Bonchev–Trinajstić information content (AvgIpc) is 1.84. The number of aryl methyl sites for hydroxylation is 1. The molecule has 87 heavy (non-hydrogen) atoms. The van der Waals surface area contributed by atoms with Crippen LogP contribution in [0, 0.1) is 23.0 Å². The topological polar surface area (TPSA) is 249 Å². The van der Waals surface area contributed by atoms with E-state index in [1.807, 2.05) is 24.8 Å². The van der Waals surface area contributed by atoms with Crippen LogP contribution in [0.4, 0.5) is 28.8 Å². The van der Waals surface area contributed by atoms with Crippen molar-refractivity contribution in [2.24, 2.45) is 0 Å². The van der Waals surface area contributed by atoms with Crippen molar-refractivity contribution in [2.45, 2.75) is 109 Å². The number of alkyl halides is 1. The first-order chi connectivity index (χ1) is 41.6. The molecule has 0 bridgehead atoms. The number of phenolic OH excluding ortho intramolecular Hbond substituents is 1. The second-order valence-electron chi connectivity index (χ2n) is 23.1. The highest BCUT2D eigenvalue weighted by molar-refractivity contribution is 7.23. The summed E-state index contributed by atoms with van der Waals surface area (Å²) in [6, 6.07) is 11.1. The highest BCUT2D eigenvalue weighted by atomic mass is 35.5. The number of nitriles is 1. The predicted octanol–water partition coefficient (Wildman–Crippen LogP) is 9.20. The van der Waals surface area contributed by atoms with E-state index in [0.717, 1.165) is 45.2 Å². The fourth-order valence-corrected chi connectivity index (χ4v) is 14.6. The Morgan fingerprint density at radius 2 is 1.85 bits per heavy atom. The van der Waals surface area contributed by atoms with Crippen molar-refractivity contribution in [1.29, 1.82) is 5.26 Å². The number of esters is 2. The summed E-state index contributed by atoms with van der Waals surface area (Å²) < 4.78 is 72.7. The molecule has 4 aromatic heterocycles. The van der Waals surface area contributed by atoms with Crippen molar-refractivity contribution in [3.8, 4) is 40.3 Å². The molecule has 20 nitrogen and oxygen atoms in total. The van der Waals surface area contributed by atoms with Crippen molar-refractivity contribution >= 4 is 89.6 Å². The van der Waals surface area contributed by atoms with Crippen LogP contribution >= 0.6 is 22.9 Å². The largest absolute Gasteiger partial charge is 0.508 e. The molecule has 0 unspecified atom stereocenters. The van der Waals surface area contributed by atoms with Crippen LogP contribution in [0.25, 0.3) is 54.4 Å². The highest BCUT2D eigenvalue weighted by Crippen LogP contribution is 2.48. The van der Waals surface area contributed by atoms with E-state index in [2.05, 4.69) is 16.5 Å². The smallest absolute Gasteiger partial charge is 0.410 e. The summed E-state index contributed by atoms with van der Waals surface area (Å²) in [5.41, 5.74) is 6.12. The molecule has 12 rings (SSSR count). The fraction of sp³-hybridized carbons (Fsp3) is 0.403. The molecular formula is C62H60ClF3N10O10S. The number of piperazine rings is 1. The molecule has 7 aromatic rings. The molecule has 3 N–H and O–H groups in total.